The van der Waals surface area contributed by atoms with E-state index in [2.05, 4.69) is 4.74 Å². The molecule has 1 aliphatic rings. The smallest absolute Gasteiger partial charge is 0.337 e. The molecule has 21 heavy (non-hydrogen) atoms. The SMILES string of the molecule is COC(=O)C(O)C(C)OC(C)(C)CC[C@H]1COC(C)(C)O1. The Morgan fingerprint density at radius 3 is 2.57 bits per heavy atom. The highest BCUT2D eigenvalue weighted by Gasteiger charge is 2.35. The first-order valence-electron chi connectivity index (χ1n) is 7.32. The van der Waals surface area contributed by atoms with Crippen molar-refractivity contribution >= 4 is 5.97 Å². The van der Waals surface area contributed by atoms with Crippen molar-refractivity contribution in [3.63, 3.8) is 0 Å². The molecule has 124 valence electrons. The van der Waals surface area contributed by atoms with Crippen LogP contribution in [0.15, 0.2) is 0 Å². The van der Waals surface area contributed by atoms with Gasteiger partial charge in [-0.05, 0) is 47.5 Å². The van der Waals surface area contributed by atoms with Crippen LogP contribution in [0.4, 0.5) is 0 Å². The standard InChI is InChI=1S/C15H28O6/c1-10(12(16)13(17)18-6)20-14(2,3)8-7-11-9-19-15(4,5)21-11/h10-12,16H,7-9H2,1-6H3/t10?,11-,12?/m0/s1. The van der Waals surface area contributed by atoms with Crippen LogP contribution in [0.3, 0.4) is 0 Å². The molecule has 6 nitrogen and oxygen atoms in total. The Bertz CT molecular complexity index is 352. The van der Waals surface area contributed by atoms with Gasteiger partial charge in [0, 0.05) is 0 Å². The van der Waals surface area contributed by atoms with E-state index in [-0.39, 0.29) is 6.10 Å². The molecule has 2 unspecified atom stereocenters. The van der Waals surface area contributed by atoms with Gasteiger partial charge in [0.1, 0.15) is 0 Å². The molecular formula is C15H28O6. The van der Waals surface area contributed by atoms with Gasteiger partial charge in [-0.2, -0.15) is 0 Å². The minimum Gasteiger partial charge on any atom is -0.467 e. The Balaban J connectivity index is 2.41. The van der Waals surface area contributed by atoms with Crippen LogP contribution in [0, 0.1) is 0 Å². The quantitative estimate of drug-likeness (QED) is 0.721. The fourth-order valence-corrected chi connectivity index (χ4v) is 2.35. The molecule has 0 aromatic rings. The summed E-state index contributed by atoms with van der Waals surface area (Å²) in [7, 11) is 1.24. The first-order valence-corrected chi connectivity index (χ1v) is 7.32. The van der Waals surface area contributed by atoms with Gasteiger partial charge < -0.3 is 24.1 Å². The molecule has 0 spiro atoms. The van der Waals surface area contributed by atoms with E-state index in [0.717, 1.165) is 12.8 Å². The first kappa shape index (κ1) is 18.4. The zero-order chi connectivity index (χ0) is 16.3. The molecule has 1 rings (SSSR count). The lowest BCUT2D eigenvalue weighted by molar-refractivity contribution is -0.169. The van der Waals surface area contributed by atoms with Crippen LogP contribution >= 0.6 is 0 Å². The van der Waals surface area contributed by atoms with Crippen molar-refractivity contribution < 1.29 is 28.8 Å². The van der Waals surface area contributed by atoms with Gasteiger partial charge in [0.2, 0.25) is 0 Å². The van der Waals surface area contributed by atoms with Gasteiger partial charge in [-0.15, -0.1) is 0 Å². The highest BCUT2D eigenvalue weighted by Crippen LogP contribution is 2.28. The monoisotopic (exact) mass is 304 g/mol. The molecule has 1 saturated heterocycles. The van der Waals surface area contributed by atoms with Crippen LogP contribution in [0.1, 0.15) is 47.5 Å². The molecule has 0 saturated carbocycles. The highest BCUT2D eigenvalue weighted by molar-refractivity contribution is 5.74. The van der Waals surface area contributed by atoms with E-state index in [1.165, 1.54) is 7.11 Å². The number of esters is 1. The Kier molecular flexibility index (Phi) is 6.16. The molecule has 0 bridgehead atoms. The molecule has 0 radical (unpaired) electrons. The van der Waals surface area contributed by atoms with Gasteiger partial charge >= 0.3 is 5.97 Å². The predicted octanol–water partition coefficient (Wildman–Crippen LogP) is 1.64. The van der Waals surface area contributed by atoms with E-state index < -0.39 is 29.6 Å². The van der Waals surface area contributed by atoms with Crippen molar-refractivity contribution in [2.24, 2.45) is 0 Å². The number of hydrogen-bond acceptors (Lipinski definition) is 6. The van der Waals surface area contributed by atoms with Crippen molar-refractivity contribution in [1.82, 2.24) is 0 Å². The molecule has 1 heterocycles. The van der Waals surface area contributed by atoms with Gasteiger partial charge in [0.25, 0.3) is 0 Å². The number of carbonyl (C=O) groups excluding carboxylic acids is 1. The topological polar surface area (TPSA) is 74.2 Å². The van der Waals surface area contributed by atoms with Crippen LogP contribution in [0.25, 0.3) is 0 Å². The van der Waals surface area contributed by atoms with Crippen molar-refractivity contribution in [1.29, 1.82) is 0 Å². The summed E-state index contributed by atoms with van der Waals surface area (Å²) in [4.78, 5) is 11.3. The molecule has 0 amide bonds. The predicted molar refractivity (Wildman–Crippen MR) is 76.8 cm³/mol. The average Bonchev–Trinajstić information content (AvgIpc) is 2.74. The second-order valence-electron chi connectivity index (χ2n) is 6.54. The van der Waals surface area contributed by atoms with Crippen LogP contribution in [-0.4, -0.2) is 54.5 Å². The van der Waals surface area contributed by atoms with E-state index in [4.69, 9.17) is 14.2 Å². The Morgan fingerprint density at radius 1 is 1.48 bits per heavy atom. The van der Waals surface area contributed by atoms with Gasteiger partial charge in [-0.3, -0.25) is 0 Å². The maximum atomic E-state index is 11.3. The minimum atomic E-state index is -1.28. The molecule has 6 heteroatoms. The largest absolute Gasteiger partial charge is 0.467 e. The number of aliphatic hydroxyl groups excluding tert-OH is 1. The molecule has 1 aliphatic heterocycles. The number of ether oxygens (including phenoxy) is 4. The summed E-state index contributed by atoms with van der Waals surface area (Å²) in [5, 5.41) is 9.75. The fraction of sp³-hybridized carbons (Fsp3) is 0.933. The second kappa shape index (κ2) is 7.05. The summed E-state index contributed by atoms with van der Waals surface area (Å²) in [6.07, 6.45) is -0.347. The third-order valence-electron chi connectivity index (χ3n) is 3.53. The fourth-order valence-electron chi connectivity index (χ4n) is 2.35. The van der Waals surface area contributed by atoms with Crippen molar-refractivity contribution in [2.45, 2.75) is 77.2 Å². The zero-order valence-corrected chi connectivity index (χ0v) is 13.8. The molecular weight excluding hydrogens is 276 g/mol. The average molecular weight is 304 g/mol. The normalized spacial score (nSPS) is 24.6. The van der Waals surface area contributed by atoms with E-state index in [1.807, 2.05) is 27.7 Å². The second-order valence-corrected chi connectivity index (χ2v) is 6.54. The lowest BCUT2D eigenvalue weighted by atomic mass is 9.99. The lowest BCUT2D eigenvalue weighted by Crippen LogP contribution is -2.41. The first-order chi connectivity index (χ1) is 9.56. The summed E-state index contributed by atoms with van der Waals surface area (Å²) < 4.78 is 21.6. The summed E-state index contributed by atoms with van der Waals surface area (Å²) in [6.45, 7) is 9.86. The molecule has 0 aromatic carbocycles. The van der Waals surface area contributed by atoms with Crippen LogP contribution in [0.2, 0.25) is 0 Å². The van der Waals surface area contributed by atoms with E-state index in [1.54, 1.807) is 6.92 Å². The Hall–Kier alpha value is -0.690. The maximum absolute atomic E-state index is 11.3. The van der Waals surface area contributed by atoms with Crippen molar-refractivity contribution in [2.75, 3.05) is 13.7 Å². The summed E-state index contributed by atoms with van der Waals surface area (Å²) in [5.74, 6) is -1.21. The van der Waals surface area contributed by atoms with E-state index in [0.29, 0.717) is 6.61 Å². The minimum absolute atomic E-state index is 0.0451. The third-order valence-corrected chi connectivity index (χ3v) is 3.53. The lowest BCUT2D eigenvalue weighted by Gasteiger charge is -2.31. The molecule has 1 fully saturated rings. The number of methoxy groups -OCH3 is 1. The Morgan fingerprint density at radius 2 is 2.10 bits per heavy atom. The van der Waals surface area contributed by atoms with Crippen molar-refractivity contribution in [3.8, 4) is 0 Å². The zero-order valence-electron chi connectivity index (χ0n) is 13.8. The Labute approximate surface area is 126 Å². The number of carbonyl (C=O) groups is 1. The van der Waals surface area contributed by atoms with Crippen LogP contribution in [0.5, 0.6) is 0 Å². The van der Waals surface area contributed by atoms with Gasteiger partial charge in [-0.25, -0.2) is 4.79 Å². The summed E-state index contributed by atoms with van der Waals surface area (Å²) in [5.41, 5.74) is -0.482. The van der Waals surface area contributed by atoms with Gasteiger partial charge in [-0.1, -0.05) is 0 Å². The van der Waals surface area contributed by atoms with E-state index >= 15 is 0 Å². The third kappa shape index (κ3) is 5.90. The van der Waals surface area contributed by atoms with Crippen molar-refractivity contribution in [3.05, 3.63) is 0 Å². The maximum Gasteiger partial charge on any atom is 0.337 e. The van der Waals surface area contributed by atoms with Gasteiger partial charge in [0.15, 0.2) is 11.9 Å². The van der Waals surface area contributed by atoms with Crippen LogP contribution < -0.4 is 0 Å². The van der Waals surface area contributed by atoms with Crippen LogP contribution in [-0.2, 0) is 23.7 Å². The summed E-state index contributed by atoms with van der Waals surface area (Å²) >= 11 is 0. The highest BCUT2D eigenvalue weighted by atomic mass is 16.7. The van der Waals surface area contributed by atoms with E-state index in [9.17, 15) is 9.90 Å². The summed E-state index contributed by atoms with van der Waals surface area (Å²) in [6, 6.07) is 0. The molecule has 3 atom stereocenters. The number of aliphatic hydroxyl groups is 1. The molecule has 0 aromatic heterocycles. The number of hydrogen-bond donors (Lipinski definition) is 1. The number of rotatable bonds is 7. The van der Waals surface area contributed by atoms with Gasteiger partial charge in [0.05, 0.1) is 31.5 Å². The molecule has 0 aliphatic carbocycles. The molecule has 1 N–H and O–H groups in total.